The van der Waals surface area contributed by atoms with Crippen LogP contribution in [0.1, 0.15) is 5.56 Å². The van der Waals surface area contributed by atoms with Crippen molar-refractivity contribution in [3.63, 3.8) is 0 Å². The maximum atomic E-state index is 11.8. The average molecular weight is 215 g/mol. The Bertz CT molecular complexity index is 274. The summed E-state index contributed by atoms with van der Waals surface area (Å²) >= 11 is 0. The fourth-order valence-corrected chi connectivity index (χ4v) is 1.18. The van der Waals surface area contributed by atoms with Crippen LogP contribution in [0.25, 0.3) is 0 Å². The van der Waals surface area contributed by atoms with Gasteiger partial charge in [0.1, 0.15) is 12.4 Å². The van der Waals surface area contributed by atoms with E-state index in [1.54, 1.807) is 12.1 Å². The van der Waals surface area contributed by atoms with Crippen molar-refractivity contribution in [1.82, 2.24) is 5.32 Å². The number of rotatable bonds is 6. The van der Waals surface area contributed by atoms with Crippen LogP contribution in [0, 0.1) is 0 Å². The third-order valence-corrected chi connectivity index (χ3v) is 1.96. The first-order valence-electron chi connectivity index (χ1n) is 4.87. The van der Waals surface area contributed by atoms with Gasteiger partial charge in [0.05, 0.1) is 0 Å². The number of halogens is 2. The molecule has 4 heteroatoms. The maximum Gasteiger partial charge on any atom is 0.272 e. The third kappa shape index (κ3) is 4.74. The standard InChI is InChI=1S/C11H15F2NO/c1-14-7-6-9-2-4-10(5-3-9)15-8-11(12)13/h2-5,11,14H,6-8H2,1H3. The van der Waals surface area contributed by atoms with Crippen LogP contribution in [0.3, 0.4) is 0 Å². The molecule has 0 aliphatic carbocycles. The number of hydrogen-bond acceptors (Lipinski definition) is 2. The van der Waals surface area contributed by atoms with E-state index >= 15 is 0 Å². The molecular weight excluding hydrogens is 200 g/mol. The number of alkyl halides is 2. The molecule has 0 amide bonds. The molecule has 84 valence electrons. The first-order chi connectivity index (χ1) is 7.22. The first kappa shape index (κ1) is 11.9. The molecule has 0 saturated carbocycles. The van der Waals surface area contributed by atoms with Crippen LogP contribution in [-0.2, 0) is 6.42 Å². The fourth-order valence-electron chi connectivity index (χ4n) is 1.18. The Labute approximate surface area is 88.3 Å². The lowest BCUT2D eigenvalue weighted by molar-refractivity contribution is 0.0819. The molecule has 0 spiro atoms. The molecule has 2 nitrogen and oxygen atoms in total. The Morgan fingerprint density at radius 2 is 1.93 bits per heavy atom. The van der Waals surface area contributed by atoms with Gasteiger partial charge in [0, 0.05) is 0 Å². The minimum absolute atomic E-state index is 0.489. The highest BCUT2D eigenvalue weighted by atomic mass is 19.3. The monoisotopic (exact) mass is 215 g/mol. The Hall–Kier alpha value is -1.16. The van der Waals surface area contributed by atoms with Crippen molar-refractivity contribution in [2.45, 2.75) is 12.8 Å². The number of hydrogen-bond donors (Lipinski definition) is 1. The van der Waals surface area contributed by atoms with Crippen LogP contribution in [0.2, 0.25) is 0 Å². The highest BCUT2D eigenvalue weighted by Crippen LogP contribution is 2.13. The van der Waals surface area contributed by atoms with E-state index in [0.717, 1.165) is 18.5 Å². The number of likely N-dealkylation sites (N-methyl/N-ethyl adjacent to an activating group) is 1. The summed E-state index contributed by atoms with van der Waals surface area (Å²) in [4.78, 5) is 0. The van der Waals surface area contributed by atoms with Crippen molar-refractivity contribution in [3.8, 4) is 5.75 Å². The lowest BCUT2D eigenvalue weighted by Crippen LogP contribution is -2.10. The van der Waals surface area contributed by atoms with Gasteiger partial charge in [0.15, 0.2) is 0 Å². The predicted octanol–water partition coefficient (Wildman–Crippen LogP) is 2.09. The van der Waals surface area contributed by atoms with Gasteiger partial charge in [-0.3, -0.25) is 0 Å². The summed E-state index contributed by atoms with van der Waals surface area (Å²) < 4.78 is 28.5. The molecule has 0 radical (unpaired) electrons. The van der Waals surface area contributed by atoms with Gasteiger partial charge in [-0.25, -0.2) is 8.78 Å². The number of ether oxygens (including phenoxy) is 1. The van der Waals surface area contributed by atoms with Gasteiger partial charge < -0.3 is 10.1 Å². The zero-order valence-corrected chi connectivity index (χ0v) is 8.67. The minimum atomic E-state index is -2.42. The second kappa shape index (κ2) is 6.35. The van der Waals surface area contributed by atoms with Crippen molar-refractivity contribution >= 4 is 0 Å². The van der Waals surface area contributed by atoms with E-state index in [4.69, 9.17) is 4.74 Å². The van der Waals surface area contributed by atoms with Crippen LogP contribution in [-0.4, -0.2) is 26.6 Å². The summed E-state index contributed by atoms with van der Waals surface area (Å²) in [6, 6.07) is 7.21. The van der Waals surface area contributed by atoms with Gasteiger partial charge in [-0.2, -0.15) is 0 Å². The Morgan fingerprint density at radius 1 is 1.27 bits per heavy atom. The molecule has 1 rings (SSSR count). The molecule has 1 N–H and O–H groups in total. The molecule has 0 heterocycles. The zero-order valence-electron chi connectivity index (χ0n) is 8.67. The molecule has 15 heavy (non-hydrogen) atoms. The molecule has 0 unspecified atom stereocenters. The van der Waals surface area contributed by atoms with Gasteiger partial charge in [0.2, 0.25) is 0 Å². The van der Waals surface area contributed by atoms with E-state index < -0.39 is 13.0 Å². The van der Waals surface area contributed by atoms with Crippen molar-refractivity contribution in [2.24, 2.45) is 0 Å². The van der Waals surface area contributed by atoms with Crippen molar-refractivity contribution in [1.29, 1.82) is 0 Å². The topological polar surface area (TPSA) is 21.3 Å². The number of nitrogens with one attached hydrogen (secondary N) is 1. The smallest absolute Gasteiger partial charge is 0.272 e. The minimum Gasteiger partial charge on any atom is -0.488 e. The quantitative estimate of drug-likeness (QED) is 0.784. The van der Waals surface area contributed by atoms with E-state index in [1.807, 2.05) is 19.2 Å². The fraction of sp³-hybridized carbons (Fsp3) is 0.455. The van der Waals surface area contributed by atoms with E-state index in [-0.39, 0.29) is 0 Å². The third-order valence-electron chi connectivity index (χ3n) is 1.96. The van der Waals surface area contributed by atoms with Gasteiger partial charge >= 0.3 is 0 Å². The molecule has 0 saturated heterocycles. The predicted molar refractivity (Wildman–Crippen MR) is 55.6 cm³/mol. The Morgan fingerprint density at radius 3 is 2.47 bits per heavy atom. The van der Waals surface area contributed by atoms with Crippen LogP contribution in [0.15, 0.2) is 24.3 Å². The largest absolute Gasteiger partial charge is 0.488 e. The summed E-state index contributed by atoms with van der Waals surface area (Å²) in [5, 5.41) is 3.04. The van der Waals surface area contributed by atoms with E-state index in [0.29, 0.717) is 5.75 Å². The second-order valence-electron chi connectivity index (χ2n) is 3.20. The summed E-state index contributed by atoms with van der Waals surface area (Å²) in [6.07, 6.45) is -1.50. The first-order valence-corrected chi connectivity index (χ1v) is 4.87. The van der Waals surface area contributed by atoms with Gasteiger partial charge in [-0.1, -0.05) is 12.1 Å². The van der Waals surface area contributed by atoms with Crippen LogP contribution in [0.5, 0.6) is 5.75 Å². The molecule has 1 aromatic rings. The molecule has 1 aromatic carbocycles. The highest BCUT2D eigenvalue weighted by Gasteiger charge is 2.03. The van der Waals surface area contributed by atoms with E-state index in [2.05, 4.69) is 5.32 Å². The van der Waals surface area contributed by atoms with Gasteiger partial charge in [0.25, 0.3) is 6.43 Å². The van der Waals surface area contributed by atoms with Crippen molar-refractivity contribution in [2.75, 3.05) is 20.2 Å². The van der Waals surface area contributed by atoms with Gasteiger partial charge in [-0.15, -0.1) is 0 Å². The van der Waals surface area contributed by atoms with Crippen LogP contribution in [0.4, 0.5) is 8.78 Å². The summed E-state index contributed by atoms with van der Waals surface area (Å²) in [5.74, 6) is 0.489. The molecule has 0 fully saturated rings. The van der Waals surface area contributed by atoms with E-state index in [1.165, 1.54) is 0 Å². The zero-order chi connectivity index (χ0) is 11.1. The SMILES string of the molecule is CNCCc1ccc(OCC(F)F)cc1. The normalized spacial score (nSPS) is 10.7. The summed E-state index contributed by atoms with van der Waals surface area (Å²) in [7, 11) is 1.89. The molecule has 0 aliphatic heterocycles. The second-order valence-corrected chi connectivity index (χ2v) is 3.20. The molecule has 0 aliphatic rings. The van der Waals surface area contributed by atoms with E-state index in [9.17, 15) is 8.78 Å². The van der Waals surface area contributed by atoms with Crippen molar-refractivity contribution in [3.05, 3.63) is 29.8 Å². The molecular formula is C11H15F2NO. The van der Waals surface area contributed by atoms with Crippen LogP contribution >= 0.6 is 0 Å². The Balaban J connectivity index is 2.41. The highest BCUT2D eigenvalue weighted by molar-refractivity contribution is 5.27. The lowest BCUT2D eigenvalue weighted by atomic mass is 10.1. The van der Waals surface area contributed by atoms with Crippen molar-refractivity contribution < 1.29 is 13.5 Å². The maximum absolute atomic E-state index is 11.8. The van der Waals surface area contributed by atoms with Crippen LogP contribution < -0.4 is 10.1 Å². The molecule has 0 aromatic heterocycles. The Kier molecular flexibility index (Phi) is 5.04. The molecule has 0 atom stereocenters. The summed E-state index contributed by atoms with van der Waals surface area (Å²) in [6.45, 7) is 0.354. The lowest BCUT2D eigenvalue weighted by Gasteiger charge is -2.06. The average Bonchev–Trinajstić information content (AvgIpc) is 2.25. The summed E-state index contributed by atoms with van der Waals surface area (Å²) in [5.41, 5.74) is 1.16. The number of benzene rings is 1. The van der Waals surface area contributed by atoms with Gasteiger partial charge in [-0.05, 0) is 37.7 Å². The molecule has 0 bridgehead atoms.